The van der Waals surface area contributed by atoms with E-state index in [9.17, 15) is 9.59 Å². The van der Waals surface area contributed by atoms with Crippen LogP contribution in [0.3, 0.4) is 0 Å². The number of rotatable bonds is 5. The van der Waals surface area contributed by atoms with E-state index in [1.807, 2.05) is 13.0 Å². The average Bonchev–Trinajstić information content (AvgIpc) is 3.08. The molecule has 6 heteroatoms. The first kappa shape index (κ1) is 17.4. The zero-order valence-corrected chi connectivity index (χ0v) is 14.8. The van der Waals surface area contributed by atoms with Crippen molar-refractivity contribution in [3.8, 4) is 5.75 Å². The Labute approximate surface area is 151 Å². The second-order valence-corrected chi connectivity index (χ2v) is 5.91. The Kier molecular flexibility index (Phi) is 4.84. The normalized spacial score (nSPS) is 10.4. The van der Waals surface area contributed by atoms with Gasteiger partial charge in [-0.2, -0.15) is 0 Å². The summed E-state index contributed by atoms with van der Waals surface area (Å²) in [5.41, 5.74) is 2.57. The monoisotopic (exact) mass is 349 g/mol. The van der Waals surface area contributed by atoms with Gasteiger partial charge in [0.1, 0.15) is 5.75 Å². The van der Waals surface area contributed by atoms with E-state index in [4.69, 9.17) is 4.74 Å². The SMILES string of the molecule is COc1cc(C(=O)Nc2ccc(C(=O)c3nccn3C)cc2)ccc1C. The van der Waals surface area contributed by atoms with Crippen molar-refractivity contribution < 1.29 is 14.3 Å². The van der Waals surface area contributed by atoms with E-state index >= 15 is 0 Å². The summed E-state index contributed by atoms with van der Waals surface area (Å²) in [6.45, 7) is 1.91. The van der Waals surface area contributed by atoms with E-state index in [-0.39, 0.29) is 11.7 Å². The van der Waals surface area contributed by atoms with Gasteiger partial charge in [-0.25, -0.2) is 4.98 Å². The van der Waals surface area contributed by atoms with E-state index in [2.05, 4.69) is 10.3 Å². The molecule has 0 aliphatic carbocycles. The number of hydrogen-bond donors (Lipinski definition) is 1. The molecule has 1 N–H and O–H groups in total. The number of anilines is 1. The molecule has 0 aliphatic heterocycles. The molecule has 132 valence electrons. The van der Waals surface area contributed by atoms with Gasteiger partial charge in [-0.3, -0.25) is 9.59 Å². The van der Waals surface area contributed by atoms with Crippen molar-refractivity contribution in [2.75, 3.05) is 12.4 Å². The number of methoxy groups -OCH3 is 1. The van der Waals surface area contributed by atoms with Gasteiger partial charge in [0.15, 0.2) is 5.82 Å². The van der Waals surface area contributed by atoms with Crippen LogP contribution in [-0.4, -0.2) is 28.4 Å². The molecule has 26 heavy (non-hydrogen) atoms. The van der Waals surface area contributed by atoms with Gasteiger partial charge in [0.25, 0.3) is 5.91 Å². The number of ether oxygens (including phenoxy) is 1. The lowest BCUT2D eigenvalue weighted by Gasteiger charge is -2.09. The van der Waals surface area contributed by atoms with Crippen molar-refractivity contribution in [1.82, 2.24) is 9.55 Å². The van der Waals surface area contributed by atoms with Crippen LogP contribution in [-0.2, 0) is 7.05 Å². The predicted octanol–water partition coefficient (Wildman–Crippen LogP) is 3.22. The Hall–Kier alpha value is -3.41. The van der Waals surface area contributed by atoms with Crippen molar-refractivity contribution in [3.05, 3.63) is 77.4 Å². The number of nitrogens with one attached hydrogen (secondary N) is 1. The third-order valence-electron chi connectivity index (χ3n) is 4.10. The van der Waals surface area contributed by atoms with Crippen LogP contribution in [0.15, 0.2) is 54.9 Å². The van der Waals surface area contributed by atoms with E-state index < -0.39 is 0 Å². The number of aromatic nitrogens is 2. The molecule has 3 rings (SSSR count). The van der Waals surface area contributed by atoms with Gasteiger partial charge in [0.05, 0.1) is 7.11 Å². The highest BCUT2D eigenvalue weighted by molar-refractivity contribution is 6.07. The molecule has 0 aliphatic rings. The highest BCUT2D eigenvalue weighted by atomic mass is 16.5. The van der Waals surface area contributed by atoms with Gasteiger partial charge >= 0.3 is 0 Å². The van der Waals surface area contributed by atoms with Crippen molar-refractivity contribution in [1.29, 1.82) is 0 Å². The van der Waals surface area contributed by atoms with Crippen LogP contribution in [0.25, 0.3) is 0 Å². The number of carbonyl (C=O) groups excluding carboxylic acids is 2. The number of imidazole rings is 1. The molecule has 1 amide bonds. The van der Waals surface area contributed by atoms with Crippen LogP contribution in [0.5, 0.6) is 5.75 Å². The summed E-state index contributed by atoms with van der Waals surface area (Å²) in [4.78, 5) is 28.9. The first-order chi connectivity index (χ1) is 12.5. The Bertz CT molecular complexity index is 959. The lowest BCUT2D eigenvalue weighted by Crippen LogP contribution is -2.13. The summed E-state index contributed by atoms with van der Waals surface area (Å²) in [6.07, 6.45) is 3.30. The van der Waals surface area contributed by atoms with Crippen molar-refractivity contribution >= 4 is 17.4 Å². The van der Waals surface area contributed by atoms with Crippen molar-refractivity contribution in [2.45, 2.75) is 6.92 Å². The van der Waals surface area contributed by atoms with Gasteiger partial charge in [0.2, 0.25) is 5.78 Å². The minimum absolute atomic E-state index is 0.168. The Balaban J connectivity index is 1.74. The van der Waals surface area contributed by atoms with Gasteiger partial charge < -0.3 is 14.6 Å². The molecule has 0 atom stereocenters. The van der Waals surface area contributed by atoms with Crippen molar-refractivity contribution in [3.63, 3.8) is 0 Å². The minimum Gasteiger partial charge on any atom is -0.496 e. The lowest BCUT2D eigenvalue weighted by atomic mass is 10.1. The third kappa shape index (κ3) is 3.49. The highest BCUT2D eigenvalue weighted by Crippen LogP contribution is 2.20. The summed E-state index contributed by atoms with van der Waals surface area (Å²) in [5, 5.41) is 2.81. The van der Waals surface area contributed by atoms with E-state index in [1.54, 1.807) is 67.5 Å². The number of benzene rings is 2. The predicted molar refractivity (Wildman–Crippen MR) is 98.8 cm³/mol. The Morgan fingerprint density at radius 1 is 1.08 bits per heavy atom. The second kappa shape index (κ2) is 7.23. The fraction of sp³-hybridized carbons (Fsp3) is 0.150. The first-order valence-electron chi connectivity index (χ1n) is 8.07. The second-order valence-electron chi connectivity index (χ2n) is 5.91. The molecule has 0 bridgehead atoms. The fourth-order valence-electron chi connectivity index (χ4n) is 2.58. The van der Waals surface area contributed by atoms with Gasteiger partial charge in [0, 0.05) is 36.3 Å². The molecular formula is C20H19N3O3. The molecule has 0 fully saturated rings. The molecule has 2 aromatic carbocycles. The topological polar surface area (TPSA) is 73.2 Å². The summed E-state index contributed by atoms with van der Waals surface area (Å²) in [5.74, 6) is 0.618. The number of carbonyl (C=O) groups is 2. The summed E-state index contributed by atoms with van der Waals surface area (Å²) < 4.78 is 6.92. The number of nitrogens with zero attached hydrogens (tertiary/aromatic N) is 2. The summed E-state index contributed by atoms with van der Waals surface area (Å²) >= 11 is 0. The smallest absolute Gasteiger partial charge is 0.255 e. The van der Waals surface area contributed by atoms with Crippen LogP contribution in [0.2, 0.25) is 0 Å². The van der Waals surface area contributed by atoms with E-state index in [1.165, 1.54) is 0 Å². The molecule has 1 aromatic heterocycles. The van der Waals surface area contributed by atoms with Crippen molar-refractivity contribution in [2.24, 2.45) is 7.05 Å². The maximum atomic E-state index is 12.4. The third-order valence-corrected chi connectivity index (χ3v) is 4.10. The molecule has 6 nitrogen and oxygen atoms in total. The Morgan fingerprint density at radius 3 is 2.38 bits per heavy atom. The average molecular weight is 349 g/mol. The summed E-state index contributed by atoms with van der Waals surface area (Å²) in [6, 6.07) is 12.0. The van der Waals surface area contributed by atoms with Gasteiger partial charge in [-0.1, -0.05) is 6.07 Å². The number of hydrogen-bond acceptors (Lipinski definition) is 4. The van der Waals surface area contributed by atoms with Crippen LogP contribution >= 0.6 is 0 Å². The molecule has 0 spiro atoms. The molecular weight excluding hydrogens is 330 g/mol. The zero-order chi connectivity index (χ0) is 18.7. The van der Waals surface area contributed by atoms with Crippen LogP contribution in [0.1, 0.15) is 32.1 Å². The molecule has 0 unspecified atom stereocenters. The summed E-state index contributed by atoms with van der Waals surface area (Å²) in [7, 11) is 3.34. The number of ketones is 1. The molecule has 0 saturated heterocycles. The lowest BCUT2D eigenvalue weighted by molar-refractivity contribution is 0.102. The van der Waals surface area contributed by atoms with E-state index in [0.717, 1.165) is 5.56 Å². The van der Waals surface area contributed by atoms with Gasteiger partial charge in [-0.15, -0.1) is 0 Å². The molecule has 1 heterocycles. The largest absolute Gasteiger partial charge is 0.496 e. The van der Waals surface area contributed by atoms with Gasteiger partial charge in [-0.05, 0) is 48.9 Å². The van der Waals surface area contributed by atoms with Crippen LogP contribution < -0.4 is 10.1 Å². The molecule has 3 aromatic rings. The number of amides is 1. The molecule has 0 radical (unpaired) electrons. The maximum absolute atomic E-state index is 12.4. The maximum Gasteiger partial charge on any atom is 0.255 e. The quantitative estimate of drug-likeness (QED) is 0.718. The standard InChI is InChI=1S/C20H19N3O3/c1-13-4-5-15(12-17(13)26-3)20(25)22-16-8-6-14(7-9-16)18(24)19-21-10-11-23(19)2/h4-12H,1-3H3,(H,22,25). The van der Waals surface area contributed by atoms with Crippen LogP contribution in [0, 0.1) is 6.92 Å². The van der Waals surface area contributed by atoms with Crippen LogP contribution in [0.4, 0.5) is 5.69 Å². The highest BCUT2D eigenvalue weighted by Gasteiger charge is 2.14. The van der Waals surface area contributed by atoms with E-state index in [0.29, 0.717) is 28.4 Å². The first-order valence-corrected chi connectivity index (χ1v) is 8.07. The number of aryl methyl sites for hydroxylation is 2. The zero-order valence-electron chi connectivity index (χ0n) is 14.8. The minimum atomic E-state index is -0.244. The molecule has 0 saturated carbocycles. The fourth-order valence-corrected chi connectivity index (χ4v) is 2.58. The Morgan fingerprint density at radius 2 is 1.77 bits per heavy atom.